The quantitative estimate of drug-likeness (QED) is 0.630. The number of rotatable bonds is 3. The molecule has 0 aromatic rings. The number of fused-ring (bicyclic) bond motifs is 1. The number of aliphatic carboxylic acids is 1. The minimum absolute atomic E-state index is 0.0862. The number of esters is 1. The monoisotopic (exact) mass is 299 g/mol. The Morgan fingerprint density at radius 1 is 1.19 bits per heavy atom. The largest absolute Gasteiger partial charge is 0.480 e. The number of nitrogens with zero attached hydrogens (tertiary/aromatic N) is 1. The normalized spacial score (nSPS) is 29.4. The second kappa shape index (κ2) is 6.32. The van der Waals surface area contributed by atoms with Crippen molar-refractivity contribution in [3.8, 4) is 0 Å². The summed E-state index contributed by atoms with van der Waals surface area (Å²) in [6.45, 7) is 2.65. The molecular formula is C14H21NO6. The maximum absolute atomic E-state index is 12.3. The molecule has 1 N–H and O–H groups in total. The Morgan fingerprint density at radius 3 is 2.48 bits per heavy atom. The number of likely N-dealkylation sites (tertiary alicyclic amines) is 1. The number of carboxylic acid groups (broad SMARTS) is 1. The molecule has 2 rings (SSSR count). The van der Waals surface area contributed by atoms with Gasteiger partial charge < -0.3 is 14.6 Å². The van der Waals surface area contributed by atoms with Gasteiger partial charge >= 0.3 is 18.0 Å². The van der Waals surface area contributed by atoms with Gasteiger partial charge in [0.05, 0.1) is 0 Å². The highest BCUT2D eigenvalue weighted by molar-refractivity contribution is 5.81. The summed E-state index contributed by atoms with van der Waals surface area (Å²) < 4.78 is 9.81. The molecule has 0 aromatic carbocycles. The van der Waals surface area contributed by atoms with Crippen LogP contribution < -0.4 is 0 Å². The van der Waals surface area contributed by atoms with Crippen LogP contribution in [0.4, 0.5) is 4.79 Å². The van der Waals surface area contributed by atoms with Gasteiger partial charge in [0.15, 0.2) is 0 Å². The zero-order valence-electron chi connectivity index (χ0n) is 12.3. The molecule has 0 spiro atoms. The van der Waals surface area contributed by atoms with Crippen molar-refractivity contribution in [1.82, 2.24) is 4.90 Å². The molecule has 1 amide bonds. The Morgan fingerprint density at radius 2 is 1.86 bits per heavy atom. The molecule has 4 atom stereocenters. The Bertz CT molecular complexity index is 437. The van der Waals surface area contributed by atoms with Crippen molar-refractivity contribution in [3.63, 3.8) is 0 Å². The number of carbonyl (C=O) groups is 3. The number of carbonyl (C=O) groups excluding carboxylic acids is 2. The van der Waals surface area contributed by atoms with E-state index in [1.54, 1.807) is 0 Å². The van der Waals surface area contributed by atoms with Gasteiger partial charge in [-0.2, -0.15) is 0 Å². The minimum Gasteiger partial charge on any atom is -0.480 e. The van der Waals surface area contributed by atoms with Gasteiger partial charge in [-0.25, -0.2) is 9.59 Å². The van der Waals surface area contributed by atoms with E-state index in [1.165, 1.54) is 18.7 Å². The van der Waals surface area contributed by atoms with Crippen LogP contribution in [0.5, 0.6) is 0 Å². The highest BCUT2D eigenvalue weighted by atomic mass is 16.7. The van der Waals surface area contributed by atoms with E-state index in [-0.39, 0.29) is 12.0 Å². The average molecular weight is 299 g/mol. The van der Waals surface area contributed by atoms with Crippen LogP contribution in [0, 0.1) is 5.92 Å². The second-order valence-electron chi connectivity index (χ2n) is 5.67. The summed E-state index contributed by atoms with van der Waals surface area (Å²) in [6.07, 6.45) is 2.52. The van der Waals surface area contributed by atoms with Gasteiger partial charge in [0.25, 0.3) is 0 Å². The zero-order chi connectivity index (χ0) is 15.6. The molecule has 1 aliphatic carbocycles. The highest BCUT2D eigenvalue weighted by Crippen LogP contribution is 2.40. The van der Waals surface area contributed by atoms with Crippen LogP contribution in [0.25, 0.3) is 0 Å². The van der Waals surface area contributed by atoms with E-state index in [2.05, 4.69) is 0 Å². The van der Waals surface area contributed by atoms with Gasteiger partial charge in [0, 0.05) is 19.9 Å². The molecule has 0 aromatic heterocycles. The summed E-state index contributed by atoms with van der Waals surface area (Å²) in [6, 6.07) is -0.938. The molecule has 2 fully saturated rings. The van der Waals surface area contributed by atoms with E-state index in [0.29, 0.717) is 6.42 Å². The smallest absolute Gasteiger partial charge is 0.413 e. The summed E-state index contributed by atoms with van der Waals surface area (Å²) >= 11 is 0. The Balaban J connectivity index is 2.07. The standard InChI is InChI=1S/C14H21NO6/c1-8(16)20-9(2)21-14(19)15-11-6-4-3-5-10(11)7-12(15)13(17)18/h9-12H,3-7H2,1-2H3,(H,17,18)/t9-,10-,11-,12-/m0/s1. The van der Waals surface area contributed by atoms with E-state index >= 15 is 0 Å². The third-order valence-corrected chi connectivity index (χ3v) is 4.18. The van der Waals surface area contributed by atoms with E-state index in [1.807, 2.05) is 0 Å². The van der Waals surface area contributed by atoms with E-state index in [0.717, 1.165) is 25.7 Å². The maximum atomic E-state index is 12.3. The van der Waals surface area contributed by atoms with E-state index < -0.39 is 30.4 Å². The van der Waals surface area contributed by atoms with Crippen LogP contribution in [-0.4, -0.2) is 46.4 Å². The molecular weight excluding hydrogens is 278 g/mol. The van der Waals surface area contributed by atoms with Crippen molar-refractivity contribution in [2.24, 2.45) is 5.92 Å². The molecule has 1 saturated heterocycles. The Hall–Kier alpha value is -1.79. The number of hydrogen-bond acceptors (Lipinski definition) is 5. The molecule has 0 radical (unpaired) electrons. The fourth-order valence-electron chi connectivity index (χ4n) is 3.40. The van der Waals surface area contributed by atoms with Gasteiger partial charge in [-0.05, 0) is 25.2 Å². The third kappa shape index (κ3) is 3.46. The van der Waals surface area contributed by atoms with Crippen LogP contribution in [0.1, 0.15) is 46.0 Å². The molecule has 0 unspecified atom stereocenters. The van der Waals surface area contributed by atoms with Gasteiger partial charge in [0.1, 0.15) is 6.04 Å². The van der Waals surface area contributed by atoms with E-state index in [9.17, 15) is 19.5 Å². The fraction of sp³-hybridized carbons (Fsp3) is 0.786. The number of hydrogen-bond donors (Lipinski definition) is 1. The number of carboxylic acids is 1. The van der Waals surface area contributed by atoms with Crippen LogP contribution >= 0.6 is 0 Å². The van der Waals surface area contributed by atoms with Crippen molar-refractivity contribution in [2.75, 3.05) is 0 Å². The summed E-state index contributed by atoms with van der Waals surface area (Å²) in [4.78, 5) is 35.8. The summed E-state index contributed by atoms with van der Waals surface area (Å²) in [5, 5.41) is 9.32. The first-order valence-corrected chi connectivity index (χ1v) is 7.29. The van der Waals surface area contributed by atoms with Crippen LogP contribution in [-0.2, 0) is 19.1 Å². The van der Waals surface area contributed by atoms with Crippen molar-refractivity contribution in [2.45, 2.75) is 64.3 Å². The lowest BCUT2D eigenvalue weighted by atomic mass is 9.85. The first-order chi connectivity index (χ1) is 9.90. The molecule has 1 heterocycles. The topological polar surface area (TPSA) is 93.1 Å². The molecule has 118 valence electrons. The molecule has 0 bridgehead atoms. The fourth-order valence-corrected chi connectivity index (χ4v) is 3.40. The predicted octanol–water partition coefficient (Wildman–Crippen LogP) is 1.75. The molecule has 2 aliphatic rings. The van der Waals surface area contributed by atoms with E-state index in [4.69, 9.17) is 9.47 Å². The third-order valence-electron chi connectivity index (χ3n) is 4.18. The van der Waals surface area contributed by atoms with Crippen LogP contribution in [0.15, 0.2) is 0 Å². The number of amides is 1. The molecule has 7 heteroatoms. The second-order valence-corrected chi connectivity index (χ2v) is 5.67. The minimum atomic E-state index is -1.02. The lowest BCUT2D eigenvalue weighted by Gasteiger charge is -2.32. The van der Waals surface area contributed by atoms with Crippen LogP contribution in [0.3, 0.4) is 0 Å². The molecule has 1 aliphatic heterocycles. The predicted molar refractivity (Wildman–Crippen MR) is 71.3 cm³/mol. The lowest BCUT2D eigenvalue weighted by Crippen LogP contribution is -2.47. The Kier molecular flexibility index (Phi) is 4.69. The van der Waals surface area contributed by atoms with Gasteiger partial charge in [0.2, 0.25) is 6.29 Å². The highest BCUT2D eigenvalue weighted by Gasteiger charge is 2.48. The Labute approximate surface area is 123 Å². The first kappa shape index (κ1) is 15.6. The van der Waals surface area contributed by atoms with Crippen molar-refractivity contribution in [3.05, 3.63) is 0 Å². The molecule has 7 nitrogen and oxygen atoms in total. The average Bonchev–Trinajstić information content (AvgIpc) is 2.76. The molecule has 1 saturated carbocycles. The van der Waals surface area contributed by atoms with Gasteiger partial charge in [-0.15, -0.1) is 0 Å². The van der Waals surface area contributed by atoms with Gasteiger partial charge in [-0.1, -0.05) is 12.8 Å². The number of ether oxygens (including phenoxy) is 2. The van der Waals surface area contributed by atoms with Crippen molar-refractivity contribution in [1.29, 1.82) is 0 Å². The van der Waals surface area contributed by atoms with Gasteiger partial charge in [-0.3, -0.25) is 9.69 Å². The summed E-state index contributed by atoms with van der Waals surface area (Å²) in [5.41, 5.74) is 0. The lowest BCUT2D eigenvalue weighted by molar-refractivity contribution is -0.164. The van der Waals surface area contributed by atoms with Crippen LogP contribution in [0.2, 0.25) is 0 Å². The summed E-state index contributed by atoms with van der Waals surface area (Å²) in [5.74, 6) is -1.35. The SMILES string of the molecule is CC(=O)O[C@H](C)OC(=O)N1[C@H](C(=O)O)C[C@@H]2CCCC[C@@H]21. The van der Waals surface area contributed by atoms with Crippen molar-refractivity contribution < 1.29 is 29.0 Å². The summed E-state index contributed by atoms with van der Waals surface area (Å²) in [7, 11) is 0. The van der Waals surface area contributed by atoms with Crippen molar-refractivity contribution >= 4 is 18.0 Å². The first-order valence-electron chi connectivity index (χ1n) is 7.29. The zero-order valence-corrected chi connectivity index (χ0v) is 12.3. The maximum Gasteiger partial charge on any atom is 0.413 e. The molecule has 21 heavy (non-hydrogen) atoms.